The minimum Gasteiger partial charge on any atom is -0.394 e. The maximum Gasteiger partial charge on any atom is 0.330 e. The van der Waals surface area contributed by atoms with Crippen LogP contribution in [0, 0.1) is 6.92 Å². The number of H-pyrrole nitrogens is 1. The maximum atomic E-state index is 11.6. The van der Waals surface area contributed by atoms with Crippen molar-refractivity contribution in [1.82, 2.24) is 9.55 Å². The van der Waals surface area contributed by atoms with Crippen molar-refractivity contribution in [2.24, 2.45) is 0 Å². The van der Waals surface area contributed by atoms with E-state index in [2.05, 4.69) is 4.98 Å². The summed E-state index contributed by atoms with van der Waals surface area (Å²) in [5, 5.41) is 8.70. The zero-order valence-corrected chi connectivity index (χ0v) is 9.84. The van der Waals surface area contributed by atoms with Crippen LogP contribution in [0.5, 0.6) is 0 Å². The lowest BCUT2D eigenvalue weighted by molar-refractivity contribution is 0.0125. The Balaban J connectivity index is 3.14. The molecule has 1 aromatic rings. The quantitative estimate of drug-likeness (QED) is 0.705. The molecule has 6 heteroatoms. The zero-order valence-electron chi connectivity index (χ0n) is 9.84. The maximum absolute atomic E-state index is 11.6. The molecular formula is C11H16N2O4. The first kappa shape index (κ1) is 13.4. The van der Waals surface area contributed by atoms with Crippen LogP contribution in [0.2, 0.25) is 0 Å². The minimum atomic E-state index is -0.629. The van der Waals surface area contributed by atoms with E-state index in [-0.39, 0.29) is 13.2 Å². The molecule has 0 spiro atoms. The summed E-state index contributed by atoms with van der Waals surface area (Å²) in [5.41, 5.74) is -0.527. The van der Waals surface area contributed by atoms with Crippen LogP contribution in [-0.4, -0.2) is 27.9 Å². The molecule has 94 valence electrons. The monoisotopic (exact) mass is 240 g/mol. The summed E-state index contributed by atoms with van der Waals surface area (Å²) < 4.78 is 6.57. The van der Waals surface area contributed by atoms with E-state index in [1.807, 2.05) is 0 Å². The molecule has 1 atom stereocenters. The first-order valence-electron chi connectivity index (χ1n) is 5.27. The van der Waals surface area contributed by atoms with E-state index in [1.165, 1.54) is 10.8 Å². The van der Waals surface area contributed by atoms with Crippen molar-refractivity contribution in [3.05, 3.63) is 44.8 Å². The van der Waals surface area contributed by atoms with Gasteiger partial charge in [-0.2, -0.15) is 0 Å². The Labute approximate surface area is 98.2 Å². The normalized spacial score (nSPS) is 13.1. The van der Waals surface area contributed by atoms with Gasteiger partial charge in [0.2, 0.25) is 0 Å². The zero-order chi connectivity index (χ0) is 12.8. The van der Waals surface area contributed by atoms with Gasteiger partial charge in [-0.15, -0.1) is 0 Å². The Hall–Kier alpha value is -1.66. The van der Waals surface area contributed by atoms with E-state index in [4.69, 9.17) is 9.84 Å². The Bertz CT molecular complexity index is 501. The van der Waals surface area contributed by atoms with Crippen molar-refractivity contribution < 1.29 is 9.84 Å². The molecule has 1 aromatic heterocycles. The number of ether oxygens (including phenoxy) is 1. The second-order valence-corrected chi connectivity index (χ2v) is 3.49. The predicted molar refractivity (Wildman–Crippen MR) is 62.9 cm³/mol. The SMILES string of the molecule is CC=CC(OCCO)n1cc(C)c(=O)[nH]c1=O. The molecule has 0 amide bonds. The number of aliphatic hydroxyl groups excluding tert-OH is 1. The number of hydrogen-bond acceptors (Lipinski definition) is 4. The van der Waals surface area contributed by atoms with E-state index in [1.54, 1.807) is 26.0 Å². The lowest BCUT2D eigenvalue weighted by Crippen LogP contribution is -2.33. The molecule has 0 bridgehead atoms. The molecule has 0 radical (unpaired) electrons. The molecule has 17 heavy (non-hydrogen) atoms. The molecule has 1 rings (SSSR count). The molecule has 0 aliphatic carbocycles. The van der Waals surface area contributed by atoms with Gasteiger partial charge in [0.05, 0.1) is 13.2 Å². The van der Waals surface area contributed by atoms with E-state index in [0.29, 0.717) is 5.56 Å². The number of nitrogens with zero attached hydrogens (tertiary/aromatic N) is 1. The highest BCUT2D eigenvalue weighted by atomic mass is 16.5. The molecule has 0 aliphatic rings. The van der Waals surface area contributed by atoms with E-state index in [9.17, 15) is 9.59 Å². The topological polar surface area (TPSA) is 84.3 Å². The lowest BCUT2D eigenvalue weighted by Gasteiger charge is -2.16. The second-order valence-electron chi connectivity index (χ2n) is 3.49. The largest absolute Gasteiger partial charge is 0.394 e. The van der Waals surface area contributed by atoms with Crippen molar-refractivity contribution in [3.8, 4) is 0 Å². The van der Waals surface area contributed by atoms with Crippen LogP contribution < -0.4 is 11.2 Å². The van der Waals surface area contributed by atoms with Gasteiger partial charge < -0.3 is 9.84 Å². The number of nitrogens with one attached hydrogen (secondary N) is 1. The molecular weight excluding hydrogens is 224 g/mol. The highest BCUT2D eigenvalue weighted by Gasteiger charge is 2.10. The van der Waals surface area contributed by atoms with Crippen molar-refractivity contribution in [2.75, 3.05) is 13.2 Å². The molecule has 0 aromatic carbocycles. The third-order valence-corrected chi connectivity index (χ3v) is 2.16. The van der Waals surface area contributed by atoms with Crippen LogP contribution in [0.4, 0.5) is 0 Å². The third kappa shape index (κ3) is 3.40. The van der Waals surface area contributed by atoms with E-state index in [0.717, 1.165) is 0 Å². The van der Waals surface area contributed by atoms with Crippen LogP contribution in [0.1, 0.15) is 18.7 Å². The van der Waals surface area contributed by atoms with Gasteiger partial charge in [-0.1, -0.05) is 6.08 Å². The number of allylic oxidation sites excluding steroid dienone is 1. The summed E-state index contributed by atoms with van der Waals surface area (Å²) in [4.78, 5) is 25.0. The fraction of sp³-hybridized carbons (Fsp3) is 0.455. The summed E-state index contributed by atoms with van der Waals surface area (Å²) in [6.07, 6.45) is 4.20. The van der Waals surface area contributed by atoms with Gasteiger partial charge in [-0.3, -0.25) is 14.3 Å². The number of aliphatic hydroxyl groups is 1. The van der Waals surface area contributed by atoms with Gasteiger partial charge in [0.15, 0.2) is 6.23 Å². The number of rotatable bonds is 5. The van der Waals surface area contributed by atoms with E-state index < -0.39 is 17.5 Å². The van der Waals surface area contributed by atoms with Gasteiger partial charge >= 0.3 is 5.69 Å². The van der Waals surface area contributed by atoms with Crippen LogP contribution in [0.25, 0.3) is 0 Å². The van der Waals surface area contributed by atoms with Crippen LogP contribution in [0.3, 0.4) is 0 Å². The Morgan fingerprint density at radius 1 is 1.59 bits per heavy atom. The summed E-state index contributed by atoms with van der Waals surface area (Å²) in [6, 6.07) is 0. The van der Waals surface area contributed by atoms with Gasteiger partial charge in [-0.05, 0) is 19.9 Å². The van der Waals surface area contributed by atoms with Crippen molar-refractivity contribution >= 4 is 0 Å². The molecule has 1 unspecified atom stereocenters. The molecule has 0 fully saturated rings. The predicted octanol–water partition coefficient (Wildman–Crippen LogP) is -0.0714. The summed E-state index contributed by atoms with van der Waals surface area (Å²) in [5.74, 6) is 0. The number of hydrogen-bond donors (Lipinski definition) is 2. The molecule has 1 heterocycles. The standard InChI is InChI=1S/C11H16N2O4/c1-3-4-9(17-6-5-14)13-7-8(2)10(15)12-11(13)16/h3-4,7,9,14H,5-6H2,1-2H3,(H,12,15,16). The molecule has 0 aliphatic heterocycles. The molecule has 6 nitrogen and oxygen atoms in total. The first-order valence-corrected chi connectivity index (χ1v) is 5.27. The van der Waals surface area contributed by atoms with Crippen LogP contribution in [0.15, 0.2) is 27.9 Å². The second kappa shape index (κ2) is 6.17. The third-order valence-electron chi connectivity index (χ3n) is 2.16. The lowest BCUT2D eigenvalue weighted by atomic mass is 10.3. The van der Waals surface area contributed by atoms with Gasteiger partial charge in [0, 0.05) is 11.8 Å². The summed E-state index contributed by atoms with van der Waals surface area (Å²) >= 11 is 0. The van der Waals surface area contributed by atoms with Gasteiger partial charge in [0.25, 0.3) is 5.56 Å². The fourth-order valence-electron chi connectivity index (χ4n) is 1.34. The highest BCUT2D eigenvalue weighted by Crippen LogP contribution is 2.07. The van der Waals surface area contributed by atoms with Gasteiger partial charge in [0.1, 0.15) is 0 Å². The minimum absolute atomic E-state index is 0.111. The Kier molecular flexibility index (Phi) is 4.86. The fourth-order valence-corrected chi connectivity index (χ4v) is 1.34. The van der Waals surface area contributed by atoms with Crippen LogP contribution >= 0.6 is 0 Å². The number of aromatic nitrogens is 2. The molecule has 0 saturated carbocycles. The first-order chi connectivity index (χ1) is 8.10. The number of aromatic amines is 1. The van der Waals surface area contributed by atoms with Crippen molar-refractivity contribution in [2.45, 2.75) is 20.1 Å². The Morgan fingerprint density at radius 3 is 2.88 bits per heavy atom. The van der Waals surface area contributed by atoms with Gasteiger partial charge in [-0.25, -0.2) is 4.79 Å². The Morgan fingerprint density at radius 2 is 2.29 bits per heavy atom. The average molecular weight is 240 g/mol. The smallest absolute Gasteiger partial charge is 0.330 e. The number of aryl methyl sites for hydroxylation is 1. The highest BCUT2D eigenvalue weighted by molar-refractivity contribution is 5.02. The van der Waals surface area contributed by atoms with Crippen molar-refractivity contribution in [1.29, 1.82) is 0 Å². The summed E-state index contributed by atoms with van der Waals surface area (Å²) in [6.45, 7) is 3.37. The molecule has 2 N–H and O–H groups in total. The van der Waals surface area contributed by atoms with Crippen molar-refractivity contribution in [3.63, 3.8) is 0 Å². The summed E-state index contributed by atoms with van der Waals surface area (Å²) in [7, 11) is 0. The average Bonchev–Trinajstić information content (AvgIpc) is 2.29. The van der Waals surface area contributed by atoms with E-state index >= 15 is 0 Å². The molecule has 0 saturated heterocycles. The van der Waals surface area contributed by atoms with Crippen LogP contribution in [-0.2, 0) is 4.74 Å².